The summed E-state index contributed by atoms with van der Waals surface area (Å²) in [5.74, 6) is 0.377. The summed E-state index contributed by atoms with van der Waals surface area (Å²) in [6.45, 7) is 0. The monoisotopic (exact) mass is 290 g/mol. The van der Waals surface area contributed by atoms with Gasteiger partial charge in [-0.15, -0.1) is 12.6 Å². The van der Waals surface area contributed by atoms with E-state index in [1.54, 1.807) is 37.4 Å². The van der Waals surface area contributed by atoms with Gasteiger partial charge in [0.15, 0.2) is 0 Å². The van der Waals surface area contributed by atoms with Gasteiger partial charge in [-0.2, -0.15) is 0 Å². The highest BCUT2D eigenvalue weighted by atomic mass is 32.1. The fourth-order valence-electron chi connectivity index (χ4n) is 1.73. The van der Waals surface area contributed by atoms with Crippen molar-refractivity contribution >= 4 is 18.5 Å². The van der Waals surface area contributed by atoms with Gasteiger partial charge in [-0.3, -0.25) is 9.59 Å². The van der Waals surface area contributed by atoms with Gasteiger partial charge in [-0.1, -0.05) is 0 Å². The van der Waals surface area contributed by atoms with E-state index in [2.05, 4.69) is 12.6 Å². The number of aromatic nitrogens is 1. The number of hydrogen-bond acceptors (Lipinski definition) is 4. The molecule has 1 aromatic carbocycles. The zero-order chi connectivity index (χ0) is 14.7. The second-order valence-electron chi connectivity index (χ2n) is 4.13. The third-order valence-electron chi connectivity index (χ3n) is 2.84. The van der Waals surface area contributed by atoms with Crippen molar-refractivity contribution < 1.29 is 9.53 Å². The summed E-state index contributed by atoms with van der Waals surface area (Å²) in [4.78, 5) is 24.7. The standard InChI is InChI=1S/C14H14N2O3S/c1-15(16-8-7-12(20)9-13(16)17)14(18)10-3-5-11(19-2)6-4-10/h3-9,20H,1-2H3. The van der Waals surface area contributed by atoms with Gasteiger partial charge in [0.1, 0.15) is 5.75 Å². The van der Waals surface area contributed by atoms with Gasteiger partial charge >= 0.3 is 0 Å². The molecule has 1 aromatic heterocycles. The Balaban J connectivity index is 2.29. The Labute approximate surface area is 121 Å². The SMILES string of the molecule is COc1ccc(C(=O)N(C)n2ccc(S)cc2=O)cc1. The van der Waals surface area contributed by atoms with E-state index < -0.39 is 0 Å². The fraction of sp³-hybridized carbons (Fsp3) is 0.143. The highest BCUT2D eigenvalue weighted by Crippen LogP contribution is 2.12. The molecule has 5 nitrogen and oxygen atoms in total. The molecule has 0 saturated heterocycles. The largest absolute Gasteiger partial charge is 0.497 e. The predicted octanol–water partition coefficient (Wildman–Crippen LogP) is 1.55. The van der Waals surface area contributed by atoms with E-state index in [0.717, 1.165) is 0 Å². The van der Waals surface area contributed by atoms with Crippen LogP contribution < -0.4 is 15.3 Å². The van der Waals surface area contributed by atoms with Crippen molar-refractivity contribution in [2.24, 2.45) is 0 Å². The van der Waals surface area contributed by atoms with Crippen LogP contribution in [0.15, 0.2) is 52.3 Å². The summed E-state index contributed by atoms with van der Waals surface area (Å²) in [5, 5.41) is 1.25. The van der Waals surface area contributed by atoms with Crippen LogP contribution in [0.3, 0.4) is 0 Å². The maximum Gasteiger partial charge on any atom is 0.272 e. The molecule has 104 valence electrons. The Kier molecular flexibility index (Phi) is 4.14. The molecule has 20 heavy (non-hydrogen) atoms. The van der Waals surface area contributed by atoms with Crippen molar-refractivity contribution in [1.29, 1.82) is 0 Å². The Bertz CT molecular complexity index is 680. The van der Waals surface area contributed by atoms with Crippen molar-refractivity contribution in [2.45, 2.75) is 4.90 Å². The average Bonchev–Trinajstić information content (AvgIpc) is 2.46. The molecule has 0 aliphatic heterocycles. The van der Waals surface area contributed by atoms with Crippen LogP contribution in [0.25, 0.3) is 0 Å². The molecule has 2 rings (SSSR count). The first kappa shape index (κ1) is 14.2. The molecule has 0 radical (unpaired) electrons. The van der Waals surface area contributed by atoms with Crippen LogP contribution in [0.2, 0.25) is 0 Å². The van der Waals surface area contributed by atoms with Gasteiger partial charge in [-0.25, -0.2) is 9.69 Å². The van der Waals surface area contributed by atoms with Crippen LogP contribution in [0.4, 0.5) is 0 Å². The van der Waals surface area contributed by atoms with Gasteiger partial charge in [0.25, 0.3) is 11.5 Å². The summed E-state index contributed by atoms with van der Waals surface area (Å²) >= 11 is 4.08. The number of hydrogen-bond donors (Lipinski definition) is 1. The summed E-state index contributed by atoms with van der Waals surface area (Å²) < 4.78 is 6.27. The van der Waals surface area contributed by atoms with E-state index >= 15 is 0 Å². The number of rotatable bonds is 3. The molecule has 2 aromatic rings. The molecule has 0 aliphatic carbocycles. The molecule has 6 heteroatoms. The van der Waals surface area contributed by atoms with Gasteiger partial charge in [0, 0.05) is 29.8 Å². The smallest absolute Gasteiger partial charge is 0.272 e. The first-order valence-electron chi connectivity index (χ1n) is 5.87. The van der Waals surface area contributed by atoms with Gasteiger partial charge < -0.3 is 4.74 Å². The Morgan fingerprint density at radius 1 is 1.25 bits per heavy atom. The summed E-state index contributed by atoms with van der Waals surface area (Å²) in [6.07, 6.45) is 1.51. The zero-order valence-corrected chi connectivity index (χ0v) is 12.0. The quantitative estimate of drug-likeness (QED) is 0.873. The van der Waals surface area contributed by atoms with Crippen molar-refractivity contribution in [3.63, 3.8) is 0 Å². The number of nitrogens with zero attached hydrogens (tertiary/aromatic N) is 2. The molecule has 0 bridgehead atoms. The molecular weight excluding hydrogens is 276 g/mol. The summed E-state index contributed by atoms with van der Waals surface area (Å²) in [5.41, 5.74) is 0.150. The van der Waals surface area contributed by atoms with Crippen molar-refractivity contribution in [2.75, 3.05) is 19.2 Å². The zero-order valence-electron chi connectivity index (χ0n) is 11.1. The molecule has 0 spiro atoms. The maximum absolute atomic E-state index is 12.3. The second-order valence-corrected chi connectivity index (χ2v) is 4.64. The molecule has 0 N–H and O–H groups in total. The van der Waals surface area contributed by atoms with Crippen LogP contribution in [0, 0.1) is 0 Å². The summed E-state index contributed by atoms with van der Waals surface area (Å²) in [6, 6.07) is 9.68. The van der Waals surface area contributed by atoms with Crippen molar-refractivity contribution in [1.82, 2.24) is 4.68 Å². The molecule has 0 fully saturated rings. The number of thiol groups is 1. The van der Waals surface area contributed by atoms with Gasteiger partial charge in [0.2, 0.25) is 0 Å². The lowest BCUT2D eigenvalue weighted by molar-refractivity contribution is 0.0966. The predicted molar refractivity (Wildman–Crippen MR) is 79.4 cm³/mol. The summed E-state index contributed by atoms with van der Waals surface area (Å²) in [7, 11) is 3.09. The normalized spacial score (nSPS) is 10.2. The minimum absolute atomic E-state index is 0.290. The topological polar surface area (TPSA) is 51.5 Å². The number of benzene rings is 1. The van der Waals surface area contributed by atoms with Gasteiger partial charge in [0.05, 0.1) is 7.11 Å². The van der Waals surface area contributed by atoms with E-state index in [1.807, 2.05) is 0 Å². The minimum Gasteiger partial charge on any atom is -0.497 e. The lowest BCUT2D eigenvalue weighted by Crippen LogP contribution is -2.42. The highest BCUT2D eigenvalue weighted by molar-refractivity contribution is 7.80. The minimum atomic E-state index is -0.318. The molecule has 0 aliphatic rings. The van der Waals surface area contributed by atoms with Crippen LogP contribution >= 0.6 is 12.6 Å². The maximum atomic E-state index is 12.3. The molecule has 1 amide bonds. The van der Waals surface area contributed by atoms with Crippen molar-refractivity contribution in [3.8, 4) is 5.75 Å². The lowest BCUT2D eigenvalue weighted by atomic mass is 10.2. The molecule has 0 saturated carbocycles. The van der Waals surface area contributed by atoms with E-state index in [4.69, 9.17) is 4.74 Å². The van der Waals surface area contributed by atoms with Crippen LogP contribution in [0.5, 0.6) is 5.75 Å². The van der Waals surface area contributed by atoms with E-state index in [1.165, 1.54) is 29.0 Å². The second kappa shape index (κ2) is 5.83. The number of ether oxygens (including phenoxy) is 1. The van der Waals surface area contributed by atoms with E-state index in [0.29, 0.717) is 16.2 Å². The first-order valence-corrected chi connectivity index (χ1v) is 6.31. The third-order valence-corrected chi connectivity index (χ3v) is 3.12. The van der Waals surface area contributed by atoms with Crippen LogP contribution in [-0.2, 0) is 0 Å². The Hall–Kier alpha value is -2.21. The van der Waals surface area contributed by atoms with E-state index in [-0.39, 0.29) is 11.5 Å². The number of carbonyl (C=O) groups is 1. The molecule has 0 unspecified atom stereocenters. The van der Waals surface area contributed by atoms with Crippen LogP contribution in [0.1, 0.15) is 10.4 Å². The molecule has 0 atom stereocenters. The molecule has 1 heterocycles. The number of methoxy groups -OCH3 is 1. The van der Waals surface area contributed by atoms with E-state index in [9.17, 15) is 9.59 Å². The fourth-order valence-corrected chi connectivity index (χ4v) is 1.90. The van der Waals surface area contributed by atoms with Crippen LogP contribution in [-0.4, -0.2) is 24.7 Å². The number of amides is 1. The lowest BCUT2D eigenvalue weighted by Gasteiger charge is -2.19. The van der Waals surface area contributed by atoms with Gasteiger partial charge in [-0.05, 0) is 30.3 Å². The average molecular weight is 290 g/mol. The third kappa shape index (κ3) is 2.85. The Morgan fingerprint density at radius 3 is 2.45 bits per heavy atom. The number of pyridine rings is 1. The molecular formula is C14H14N2O3S. The van der Waals surface area contributed by atoms with Crippen molar-refractivity contribution in [3.05, 3.63) is 58.5 Å². The first-order chi connectivity index (χ1) is 9.52. The number of carbonyl (C=O) groups excluding carboxylic acids is 1. The Morgan fingerprint density at radius 2 is 1.90 bits per heavy atom. The highest BCUT2D eigenvalue weighted by Gasteiger charge is 2.14.